The molecule has 0 saturated heterocycles. The lowest BCUT2D eigenvalue weighted by molar-refractivity contribution is 0.475. The van der Waals surface area contributed by atoms with E-state index in [-0.39, 0.29) is 0 Å². The minimum atomic E-state index is 0.300. The van der Waals surface area contributed by atoms with Crippen molar-refractivity contribution in [3.8, 4) is 16.9 Å². The molecule has 0 heterocycles. The van der Waals surface area contributed by atoms with Crippen molar-refractivity contribution in [2.75, 3.05) is 0 Å². The first-order valence-corrected chi connectivity index (χ1v) is 7.18. The second-order valence-corrected chi connectivity index (χ2v) is 5.30. The van der Waals surface area contributed by atoms with Crippen LogP contribution in [-0.2, 0) is 0 Å². The highest BCUT2D eigenvalue weighted by molar-refractivity contribution is 5.65. The van der Waals surface area contributed by atoms with Gasteiger partial charge in [-0.25, -0.2) is 0 Å². The van der Waals surface area contributed by atoms with Crippen molar-refractivity contribution in [3.63, 3.8) is 0 Å². The van der Waals surface area contributed by atoms with Crippen LogP contribution in [0.3, 0.4) is 0 Å². The van der Waals surface area contributed by atoms with Crippen LogP contribution in [0.2, 0.25) is 0 Å². The molecule has 1 nitrogen and oxygen atoms in total. The van der Waals surface area contributed by atoms with Crippen LogP contribution in [0.1, 0.15) is 24.0 Å². The Morgan fingerprint density at radius 1 is 0.667 bits per heavy atom. The average Bonchev–Trinajstić information content (AvgIpc) is 2.55. The highest BCUT2D eigenvalue weighted by atomic mass is 16.3. The second-order valence-electron chi connectivity index (χ2n) is 5.30. The van der Waals surface area contributed by atoms with Crippen molar-refractivity contribution in [3.05, 3.63) is 90.0 Å². The minimum Gasteiger partial charge on any atom is -0.508 e. The minimum absolute atomic E-state index is 0.300. The Morgan fingerprint density at radius 3 is 2.00 bits per heavy atom. The molecular weight excluding hydrogens is 256 g/mol. The molecule has 1 atom stereocenters. The van der Waals surface area contributed by atoms with Crippen LogP contribution in [0.15, 0.2) is 78.9 Å². The van der Waals surface area contributed by atoms with Crippen LogP contribution in [0.5, 0.6) is 5.75 Å². The smallest absolute Gasteiger partial charge is 0.116 e. The summed E-state index contributed by atoms with van der Waals surface area (Å²) in [6.45, 7) is 2.22. The Hall–Kier alpha value is -2.54. The van der Waals surface area contributed by atoms with Gasteiger partial charge in [0, 0.05) is 5.92 Å². The molecule has 1 unspecified atom stereocenters. The Balaban J connectivity index is 1.88. The van der Waals surface area contributed by atoms with Crippen molar-refractivity contribution < 1.29 is 5.11 Å². The van der Waals surface area contributed by atoms with Crippen molar-refractivity contribution in [1.29, 1.82) is 0 Å². The molecule has 0 fully saturated rings. The summed E-state index contributed by atoms with van der Waals surface area (Å²) in [4.78, 5) is 0. The molecule has 0 aliphatic rings. The Labute approximate surface area is 125 Å². The fourth-order valence-corrected chi connectivity index (χ4v) is 2.58. The molecule has 0 spiro atoms. The lowest BCUT2D eigenvalue weighted by atomic mass is 9.92. The summed E-state index contributed by atoms with van der Waals surface area (Å²) in [5.74, 6) is 0.679. The fourth-order valence-electron chi connectivity index (χ4n) is 2.58. The third kappa shape index (κ3) is 2.97. The van der Waals surface area contributed by atoms with E-state index in [0.717, 1.165) is 11.1 Å². The molecule has 0 aliphatic carbocycles. The molecule has 0 aromatic heterocycles. The van der Waals surface area contributed by atoms with Crippen molar-refractivity contribution in [2.45, 2.75) is 12.8 Å². The SMILES string of the molecule is CC(c1ccccc1)c1ccc(-c2cccc(O)c2)cc1. The third-order valence-electron chi connectivity index (χ3n) is 3.89. The molecule has 0 amide bonds. The standard InChI is InChI=1S/C20H18O/c1-15(16-6-3-2-4-7-16)17-10-12-18(13-11-17)19-8-5-9-20(21)14-19/h2-15,21H,1H3. The molecule has 3 aromatic rings. The molecular formula is C20H18O. The van der Waals surface area contributed by atoms with Gasteiger partial charge >= 0.3 is 0 Å². The first-order chi connectivity index (χ1) is 10.2. The van der Waals surface area contributed by atoms with Gasteiger partial charge in [-0.1, -0.05) is 73.7 Å². The maximum absolute atomic E-state index is 9.57. The number of phenolic OH excluding ortho intramolecular Hbond substituents is 1. The van der Waals surface area contributed by atoms with Crippen LogP contribution in [0.25, 0.3) is 11.1 Å². The van der Waals surface area contributed by atoms with Gasteiger partial charge in [0.2, 0.25) is 0 Å². The van der Waals surface area contributed by atoms with Crippen LogP contribution < -0.4 is 0 Å². The van der Waals surface area contributed by atoms with Gasteiger partial charge in [0.1, 0.15) is 5.75 Å². The number of benzene rings is 3. The fraction of sp³-hybridized carbons (Fsp3) is 0.100. The molecule has 1 heteroatoms. The lowest BCUT2D eigenvalue weighted by Crippen LogP contribution is -1.95. The Morgan fingerprint density at radius 2 is 1.33 bits per heavy atom. The zero-order valence-corrected chi connectivity index (χ0v) is 12.0. The molecule has 21 heavy (non-hydrogen) atoms. The molecule has 0 radical (unpaired) electrons. The highest BCUT2D eigenvalue weighted by Crippen LogP contribution is 2.28. The van der Waals surface area contributed by atoms with E-state index >= 15 is 0 Å². The van der Waals surface area contributed by atoms with Crippen LogP contribution in [0, 0.1) is 0 Å². The summed E-state index contributed by atoms with van der Waals surface area (Å²) in [5.41, 5.74) is 4.77. The highest BCUT2D eigenvalue weighted by Gasteiger charge is 2.08. The molecule has 104 valence electrons. The summed E-state index contributed by atoms with van der Waals surface area (Å²) in [6.07, 6.45) is 0. The first-order valence-electron chi connectivity index (χ1n) is 7.18. The maximum Gasteiger partial charge on any atom is 0.116 e. The van der Waals surface area contributed by atoms with Crippen LogP contribution >= 0.6 is 0 Å². The van der Waals surface area contributed by atoms with Crippen molar-refractivity contribution >= 4 is 0 Å². The largest absolute Gasteiger partial charge is 0.508 e. The number of rotatable bonds is 3. The van der Waals surface area contributed by atoms with Gasteiger partial charge in [-0.2, -0.15) is 0 Å². The topological polar surface area (TPSA) is 20.2 Å². The second kappa shape index (κ2) is 5.84. The summed E-state index contributed by atoms with van der Waals surface area (Å²) in [7, 11) is 0. The van der Waals surface area contributed by atoms with Gasteiger partial charge in [0.15, 0.2) is 0 Å². The summed E-state index contributed by atoms with van der Waals surface area (Å²) >= 11 is 0. The van der Waals surface area contributed by atoms with E-state index in [4.69, 9.17) is 0 Å². The Kier molecular flexibility index (Phi) is 3.74. The van der Waals surface area contributed by atoms with Gasteiger partial charge in [-0.3, -0.25) is 0 Å². The number of phenols is 1. The normalized spacial score (nSPS) is 12.0. The van der Waals surface area contributed by atoms with Crippen molar-refractivity contribution in [1.82, 2.24) is 0 Å². The summed E-state index contributed by atoms with van der Waals surface area (Å²) < 4.78 is 0. The zero-order valence-electron chi connectivity index (χ0n) is 12.0. The van der Waals surface area contributed by atoms with Gasteiger partial charge in [0.25, 0.3) is 0 Å². The predicted molar refractivity (Wildman–Crippen MR) is 87.5 cm³/mol. The van der Waals surface area contributed by atoms with Gasteiger partial charge < -0.3 is 5.11 Å². The zero-order chi connectivity index (χ0) is 14.7. The van der Waals surface area contributed by atoms with Crippen molar-refractivity contribution in [2.24, 2.45) is 0 Å². The lowest BCUT2D eigenvalue weighted by Gasteiger charge is -2.13. The van der Waals surface area contributed by atoms with Gasteiger partial charge in [0.05, 0.1) is 0 Å². The molecule has 1 N–H and O–H groups in total. The van der Waals surface area contributed by atoms with E-state index in [0.29, 0.717) is 11.7 Å². The quantitative estimate of drug-likeness (QED) is 0.695. The molecule has 3 aromatic carbocycles. The van der Waals surface area contributed by atoms with E-state index < -0.39 is 0 Å². The monoisotopic (exact) mass is 274 g/mol. The molecule has 0 saturated carbocycles. The van der Waals surface area contributed by atoms with Crippen LogP contribution in [-0.4, -0.2) is 5.11 Å². The maximum atomic E-state index is 9.57. The van der Waals surface area contributed by atoms with E-state index in [1.54, 1.807) is 12.1 Å². The van der Waals surface area contributed by atoms with E-state index in [1.165, 1.54) is 11.1 Å². The van der Waals surface area contributed by atoms with E-state index in [1.807, 2.05) is 18.2 Å². The first kappa shape index (κ1) is 13.4. The Bertz CT molecular complexity index is 714. The van der Waals surface area contributed by atoms with Gasteiger partial charge in [-0.05, 0) is 34.4 Å². The molecule has 0 bridgehead atoms. The van der Waals surface area contributed by atoms with Crippen LogP contribution in [0.4, 0.5) is 0 Å². The van der Waals surface area contributed by atoms with E-state index in [2.05, 4.69) is 55.5 Å². The summed E-state index contributed by atoms with van der Waals surface area (Å²) in [6, 6.07) is 26.4. The predicted octanol–water partition coefficient (Wildman–Crippen LogP) is 5.21. The van der Waals surface area contributed by atoms with E-state index in [9.17, 15) is 5.11 Å². The molecule has 3 rings (SSSR count). The number of hydrogen-bond donors (Lipinski definition) is 1. The average molecular weight is 274 g/mol. The molecule has 0 aliphatic heterocycles. The van der Waals surface area contributed by atoms with Gasteiger partial charge in [-0.15, -0.1) is 0 Å². The number of aromatic hydroxyl groups is 1. The third-order valence-corrected chi connectivity index (χ3v) is 3.89. The number of hydrogen-bond acceptors (Lipinski definition) is 1. The summed E-state index contributed by atoms with van der Waals surface area (Å²) in [5, 5.41) is 9.57.